The second-order valence-corrected chi connectivity index (χ2v) is 14.5. The molecule has 4 aromatic rings. The third-order valence-electron chi connectivity index (χ3n) is 9.73. The summed E-state index contributed by atoms with van der Waals surface area (Å²) in [6, 6.07) is 14.3. The van der Waals surface area contributed by atoms with Gasteiger partial charge in [-0.3, -0.25) is 9.59 Å². The zero-order valence-corrected chi connectivity index (χ0v) is 28.9. The lowest BCUT2D eigenvalue weighted by Crippen LogP contribution is -2.48. The topological polar surface area (TPSA) is 196 Å². The normalized spacial score (nSPS) is 18.6. The molecule has 0 saturated heterocycles. The summed E-state index contributed by atoms with van der Waals surface area (Å²) in [5, 5.41) is 12.7. The number of nitrogens with zero attached hydrogens (tertiary/aromatic N) is 1. The van der Waals surface area contributed by atoms with E-state index in [9.17, 15) is 19.2 Å². The molecule has 2 aliphatic rings. The van der Waals surface area contributed by atoms with Crippen LogP contribution < -0.4 is 32.7 Å². The molecule has 3 heterocycles. The molecule has 264 valence electrons. The number of nitrogens with one attached hydrogen (secondary N) is 6. The Morgan fingerprint density at radius 1 is 0.960 bits per heavy atom. The number of amides is 3. The first-order valence-corrected chi connectivity index (χ1v) is 17.2. The van der Waals surface area contributed by atoms with Gasteiger partial charge in [0, 0.05) is 42.4 Å². The minimum Gasteiger partial charge on any atom is -0.446 e. The molecule has 0 radical (unpaired) electrons. The van der Waals surface area contributed by atoms with E-state index in [0.717, 1.165) is 47.0 Å². The SMILES string of the molecule is Cc1nc2c(cc1-c1ccc(C[C@H](NC(=O)C3CCC(C(OC(N)=O)C(C)(C)C)CC3)C(=O)Nc3ccc4[nH]c(=O)[nH]c4c3)cc1)NCCN2. The lowest BCUT2D eigenvalue weighted by Gasteiger charge is -2.39. The van der Waals surface area contributed by atoms with Crippen molar-refractivity contribution in [2.24, 2.45) is 23.0 Å². The van der Waals surface area contributed by atoms with Crippen LogP contribution in [0.25, 0.3) is 22.2 Å². The molecule has 50 heavy (non-hydrogen) atoms. The third kappa shape index (κ3) is 7.93. The highest BCUT2D eigenvalue weighted by Gasteiger charge is 2.39. The molecule has 1 unspecified atom stereocenters. The van der Waals surface area contributed by atoms with Crippen LogP contribution in [0, 0.1) is 24.2 Å². The highest BCUT2D eigenvalue weighted by Crippen LogP contribution is 2.39. The van der Waals surface area contributed by atoms with Crippen molar-refractivity contribution in [2.75, 3.05) is 29.0 Å². The lowest BCUT2D eigenvalue weighted by molar-refractivity contribution is -0.130. The number of aryl methyl sites for hydroxylation is 1. The third-order valence-corrected chi connectivity index (χ3v) is 9.73. The zero-order chi connectivity index (χ0) is 35.6. The molecule has 1 aliphatic heterocycles. The van der Waals surface area contributed by atoms with Crippen molar-refractivity contribution < 1.29 is 19.1 Å². The monoisotopic (exact) mass is 682 g/mol. The van der Waals surface area contributed by atoms with E-state index in [1.54, 1.807) is 18.2 Å². The number of rotatable bonds is 9. The van der Waals surface area contributed by atoms with E-state index in [0.29, 0.717) is 42.4 Å². The standard InChI is InChI=1S/C37H46N8O5/c1-20-26(19-29-32(41-20)40-16-15-39-29)22-7-5-21(6-8-22)17-30(34(47)42-25-13-14-27-28(18-25)45-36(49)44-27)43-33(46)24-11-9-23(10-12-24)31(37(2,3)4)50-35(38)48/h5-8,13-14,18-19,23-24,30-31,39H,9-12,15-17H2,1-4H3,(H2,38,48)(H,40,41)(H,42,47)(H,43,46)(H2,44,45,49)/t23?,24?,30-,31?/m0/s1. The molecule has 2 atom stereocenters. The number of H-pyrrole nitrogens is 2. The molecular weight excluding hydrogens is 636 g/mol. The summed E-state index contributed by atoms with van der Waals surface area (Å²) in [5.41, 5.74) is 11.2. The maximum atomic E-state index is 13.8. The van der Waals surface area contributed by atoms with Crippen LogP contribution in [0.2, 0.25) is 0 Å². The highest BCUT2D eigenvalue weighted by molar-refractivity contribution is 5.98. The number of pyridine rings is 1. The fourth-order valence-corrected chi connectivity index (χ4v) is 7.23. The fourth-order valence-electron chi connectivity index (χ4n) is 7.23. The molecule has 1 saturated carbocycles. The van der Waals surface area contributed by atoms with Gasteiger partial charge in [-0.25, -0.2) is 14.6 Å². The molecule has 3 amide bonds. The predicted octanol–water partition coefficient (Wildman–Crippen LogP) is 5.05. The lowest BCUT2D eigenvalue weighted by atomic mass is 9.72. The number of aromatic amines is 2. The number of carbonyl (C=O) groups excluding carboxylic acids is 3. The molecule has 1 fully saturated rings. The maximum absolute atomic E-state index is 13.8. The number of primary amides is 1. The number of nitrogens with two attached hydrogens (primary N) is 1. The van der Waals surface area contributed by atoms with Gasteiger partial charge in [-0.1, -0.05) is 45.0 Å². The summed E-state index contributed by atoms with van der Waals surface area (Å²) < 4.78 is 5.52. The summed E-state index contributed by atoms with van der Waals surface area (Å²) in [4.78, 5) is 61.1. The van der Waals surface area contributed by atoms with Gasteiger partial charge in [0.1, 0.15) is 18.0 Å². The average Bonchev–Trinajstić information content (AvgIpc) is 3.45. The van der Waals surface area contributed by atoms with Crippen molar-refractivity contribution in [1.29, 1.82) is 0 Å². The average molecular weight is 683 g/mol. The molecule has 2 aromatic carbocycles. The van der Waals surface area contributed by atoms with Crippen LogP contribution in [0.4, 0.5) is 22.0 Å². The smallest absolute Gasteiger partial charge is 0.404 e. The number of fused-ring (bicyclic) bond motifs is 2. The van der Waals surface area contributed by atoms with Crippen LogP contribution in [0.3, 0.4) is 0 Å². The molecular formula is C37H46N8O5. The minimum atomic E-state index is -0.866. The second-order valence-electron chi connectivity index (χ2n) is 14.5. The van der Waals surface area contributed by atoms with Crippen molar-refractivity contribution in [3.8, 4) is 11.1 Å². The van der Waals surface area contributed by atoms with Gasteiger partial charge in [0.2, 0.25) is 11.8 Å². The number of carbonyl (C=O) groups is 3. The molecule has 0 bridgehead atoms. The highest BCUT2D eigenvalue weighted by atomic mass is 16.6. The van der Waals surface area contributed by atoms with Crippen LogP contribution in [-0.2, 0) is 20.7 Å². The first-order chi connectivity index (χ1) is 23.8. The molecule has 1 aliphatic carbocycles. The van der Waals surface area contributed by atoms with Crippen LogP contribution in [0.5, 0.6) is 0 Å². The number of anilines is 3. The largest absolute Gasteiger partial charge is 0.446 e. The summed E-state index contributed by atoms with van der Waals surface area (Å²) >= 11 is 0. The number of imidazole rings is 1. The predicted molar refractivity (Wildman–Crippen MR) is 194 cm³/mol. The van der Waals surface area contributed by atoms with E-state index >= 15 is 0 Å². The number of ether oxygens (including phenoxy) is 1. The van der Waals surface area contributed by atoms with Crippen molar-refractivity contribution in [3.63, 3.8) is 0 Å². The van der Waals surface area contributed by atoms with Crippen molar-refractivity contribution >= 4 is 46.1 Å². The van der Waals surface area contributed by atoms with Crippen LogP contribution >= 0.6 is 0 Å². The number of hydrogen-bond acceptors (Lipinski definition) is 8. The van der Waals surface area contributed by atoms with E-state index in [1.165, 1.54) is 0 Å². The van der Waals surface area contributed by atoms with Crippen LogP contribution in [0.1, 0.15) is 57.7 Å². The molecule has 6 rings (SSSR count). The Balaban J connectivity index is 1.18. The first-order valence-electron chi connectivity index (χ1n) is 17.2. The van der Waals surface area contributed by atoms with Crippen LogP contribution in [-0.4, -0.2) is 58.1 Å². The Labute approximate surface area is 290 Å². The van der Waals surface area contributed by atoms with Gasteiger partial charge in [-0.05, 0) is 79.3 Å². The van der Waals surface area contributed by atoms with Gasteiger partial charge >= 0.3 is 11.8 Å². The summed E-state index contributed by atoms with van der Waals surface area (Å²) in [5.74, 6) is 0.0825. The molecule has 13 nitrogen and oxygen atoms in total. The Hall–Kier alpha value is -5.33. The van der Waals surface area contributed by atoms with Gasteiger partial charge in [0.05, 0.1) is 16.7 Å². The molecule has 2 aromatic heterocycles. The van der Waals surface area contributed by atoms with Gasteiger partial charge in [-0.15, -0.1) is 0 Å². The first kappa shape index (κ1) is 34.5. The van der Waals surface area contributed by atoms with E-state index in [4.69, 9.17) is 15.5 Å². The summed E-state index contributed by atoms with van der Waals surface area (Å²) in [6.45, 7) is 9.67. The van der Waals surface area contributed by atoms with Crippen LogP contribution in [0.15, 0.2) is 53.3 Å². The minimum absolute atomic E-state index is 0.0833. The Bertz CT molecular complexity index is 1940. The number of hydrogen-bond donors (Lipinski definition) is 7. The van der Waals surface area contributed by atoms with Gasteiger partial charge < -0.3 is 41.7 Å². The molecule has 8 N–H and O–H groups in total. The van der Waals surface area contributed by atoms with E-state index < -0.39 is 12.1 Å². The Morgan fingerprint density at radius 3 is 2.36 bits per heavy atom. The van der Waals surface area contributed by atoms with Gasteiger partial charge in [0.15, 0.2) is 0 Å². The van der Waals surface area contributed by atoms with Crippen molar-refractivity contribution in [3.05, 3.63) is 70.3 Å². The van der Waals surface area contributed by atoms with Crippen molar-refractivity contribution in [2.45, 2.75) is 71.9 Å². The molecule has 0 spiro atoms. The zero-order valence-electron chi connectivity index (χ0n) is 28.9. The Morgan fingerprint density at radius 2 is 1.66 bits per heavy atom. The summed E-state index contributed by atoms with van der Waals surface area (Å²) in [6.07, 6.45) is 1.71. The van der Waals surface area contributed by atoms with E-state index in [2.05, 4.69) is 37.3 Å². The quantitative estimate of drug-likeness (QED) is 0.127. The van der Waals surface area contributed by atoms with E-state index in [-0.39, 0.29) is 47.3 Å². The molecule has 13 heteroatoms. The fraction of sp³-hybridized carbons (Fsp3) is 0.432. The second kappa shape index (κ2) is 14.3. The summed E-state index contributed by atoms with van der Waals surface area (Å²) in [7, 11) is 0. The van der Waals surface area contributed by atoms with E-state index in [1.807, 2.05) is 52.0 Å². The van der Waals surface area contributed by atoms with Crippen molar-refractivity contribution in [1.82, 2.24) is 20.3 Å². The van der Waals surface area contributed by atoms with Gasteiger partial charge in [0.25, 0.3) is 0 Å². The Kier molecular flexibility index (Phi) is 9.85. The number of aromatic nitrogens is 3. The maximum Gasteiger partial charge on any atom is 0.404 e. The number of benzene rings is 2. The van der Waals surface area contributed by atoms with Gasteiger partial charge in [-0.2, -0.15) is 0 Å².